The number of amides is 1. The third-order valence-corrected chi connectivity index (χ3v) is 3.37. The molecule has 0 bridgehead atoms. The van der Waals surface area contributed by atoms with E-state index in [0.717, 1.165) is 19.5 Å². The molecule has 1 aliphatic rings. The molecule has 1 amide bonds. The summed E-state index contributed by atoms with van der Waals surface area (Å²) in [6.45, 7) is 8.26. The lowest BCUT2D eigenvalue weighted by Crippen LogP contribution is -2.42. The summed E-state index contributed by atoms with van der Waals surface area (Å²) in [5.41, 5.74) is 0.286. The Morgan fingerprint density at radius 2 is 2.20 bits per heavy atom. The average Bonchev–Trinajstić information content (AvgIpc) is 2.46. The van der Waals surface area contributed by atoms with Crippen molar-refractivity contribution in [2.75, 3.05) is 13.1 Å². The number of carbonyl (C=O) groups excluding carboxylic acids is 1. The lowest BCUT2D eigenvalue weighted by molar-refractivity contribution is -0.122. The quantitative estimate of drug-likeness (QED) is 0.681. The predicted octanol–water partition coefficient (Wildman–Crippen LogP) is 1.68. The second kappa shape index (κ2) is 5.50. The first-order valence-electron chi connectivity index (χ1n) is 6.06. The smallest absolute Gasteiger partial charge is 0.221 e. The SMILES string of the molecule is CCNCCC(=O)NC1CCCC1(C)C. The third-order valence-electron chi connectivity index (χ3n) is 3.37. The average molecular weight is 212 g/mol. The van der Waals surface area contributed by atoms with Gasteiger partial charge in [-0.1, -0.05) is 27.2 Å². The standard InChI is InChI=1S/C12H24N2O/c1-4-13-9-7-11(15)14-10-6-5-8-12(10,2)3/h10,13H,4-9H2,1-3H3,(H,14,15). The highest BCUT2D eigenvalue weighted by molar-refractivity contribution is 5.76. The van der Waals surface area contributed by atoms with Crippen LogP contribution in [-0.2, 0) is 4.79 Å². The Balaban J connectivity index is 2.25. The molecular weight excluding hydrogens is 188 g/mol. The van der Waals surface area contributed by atoms with E-state index in [1.165, 1.54) is 12.8 Å². The van der Waals surface area contributed by atoms with E-state index in [1.807, 2.05) is 0 Å². The van der Waals surface area contributed by atoms with Crippen molar-refractivity contribution in [3.8, 4) is 0 Å². The zero-order chi connectivity index (χ0) is 11.3. The molecule has 1 saturated carbocycles. The maximum Gasteiger partial charge on any atom is 0.221 e. The highest BCUT2D eigenvalue weighted by atomic mass is 16.1. The van der Waals surface area contributed by atoms with E-state index in [1.54, 1.807) is 0 Å². The number of hydrogen-bond donors (Lipinski definition) is 2. The Hall–Kier alpha value is -0.570. The predicted molar refractivity (Wildman–Crippen MR) is 62.7 cm³/mol. The number of rotatable bonds is 5. The van der Waals surface area contributed by atoms with Gasteiger partial charge in [0.05, 0.1) is 0 Å². The molecule has 3 nitrogen and oxygen atoms in total. The van der Waals surface area contributed by atoms with Crippen LogP contribution in [0.4, 0.5) is 0 Å². The van der Waals surface area contributed by atoms with Crippen LogP contribution in [0.15, 0.2) is 0 Å². The van der Waals surface area contributed by atoms with E-state index in [0.29, 0.717) is 12.5 Å². The molecule has 88 valence electrons. The molecule has 0 heterocycles. The van der Waals surface area contributed by atoms with Crippen LogP contribution in [-0.4, -0.2) is 25.0 Å². The molecule has 0 saturated heterocycles. The van der Waals surface area contributed by atoms with Crippen molar-refractivity contribution in [2.45, 2.75) is 52.5 Å². The molecule has 1 atom stereocenters. The van der Waals surface area contributed by atoms with Gasteiger partial charge in [-0.15, -0.1) is 0 Å². The first kappa shape index (κ1) is 12.5. The van der Waals surface area contributed by atoms with Gasteiger partial charge in [0.2, 0.25) is 5.91 Å². The van der Waals surface area contributed by atoms with Crippen molar-refractivity contribution in [1.29, 1.82) is 0 Å². The Morgan fingerprint density at radius 1 is 1.47 bits per heavy atom. The van der Waals surface area contributed by atoms with Gasteiger partial charge in [-0.2, -0.15) is 0 Å². The van der Waals surface area contributed by atoms with Crippen LogP contribution in [0.25, 0.3) is 0 Å². The number of carbonyl (C=O) groups is 1. The molecule has 3 heteroatoms. The van der Waals surface area contributed by atoms with Gasteiger partial charge in [0.15, 0.2) is 0 Å². The minimum absolute atomic E-state index is 0.191. The van der Waals surface area contributed by atoms with Crippen LogP contribution in [0.3, 0.4) is 0 Å². The maximum atomic E-state index is 11.6. The minimum Gasteiger partial charge on any atom is -0.353 e. The molecule has 1 aliphatic carbocycles. The summed E-state index contributed by atoms with van der Waals surface area (Å²) in [6, 6.07) is 0.381. The molecule has 2 N–H and O–H groups in total. The van der Waals surface area contributed by atoms with Crippen LogP contribution in [0, 0.1) is 5.41 Å². The molecule has 0 aromatic carbocycles. The van der Waals surface area contributed by atoms with Crippen molar-refractivity contribution in [3.63, 3.8) is 0 Å². The van der Waals surface area contributed by atoms with Crippen LogP contribution < -0.4 is 10.6 Å². The third kappa shape index (κ3) is 3.82. The summed E-state index contributed by atoms with van der Waals surface area (Å²) in [5, 5.41) is 6.31. The molecule has 0 aliphatic heterocycles. The Bertz CT molecular complexity index is 214. The van der Waals surface area contributed by atoms with E-state index < -0.39 is 0 Å². The largest absolute Gasteiger partial charge is 0.353 e. The summed E-state index contributed by atoms with van der Waals surface area (Å²) in [5.74, 6) is 0.191. The zero-order valence-electron chi connectivity index (χ0n) is 10.2. The van der Waals surface area contributed by atoms with Crippen molar-refractivity contribution >= 4 is 5.91 Å². The summed E-state index contributed by atoms with van der Waals surface area (Å²) in [4.78, 5) is 11.6. The number of nitrogens with one attached hydrogen (secondary N) is 2. The van der Waals surface area contributed by atoms with E-state index >= 15 is 0 Å². The molecule has 0 spiro atoms. The van der Waals surface area contributed by atoms with Crippen molar-refractivity contribution in [3.05, 3.63) is 0 Å². The lowest BCUT2D eigenvalue weighted by Gasteiger charge is -2.27. The highest BCUT2D eigenvalue weighted by Crippen LogP contribution is 2.37. The van der Waals surface area contributed by atoms with E-state index in [-0.39, 0.29) is 11.3 Å². The van der Waals surface area contributed by atoms with Gasteiger partial charge in [0.1, 0.15) is 0 Å². The van der Waals surface area contributed by atoms with Crippen LogP contribution in [0.2, 0.25) is 0 Å². The molecule has 0 radical (unpaired) electrons. The van der Waals surface area contributed by atoms with E-state index in [9.17, 15) is 4.79 Å². The van der Waals surface area contributed by atoms with Gasteiger partial charge < -0.3 is 10.6 Å². The maximum absolute atomic E-state index is 11.6. The summed E-state index contributed by atoms with van der Waals surface area (Å²) in [6.07, 6.45) is 4.21. The van der Waals surface area contributed by atoms with Crippen molar-refractivity contribution in [2.24, 2.45) is 5.41 Å². The van der Waals surface area contributed by atoms with Gasteiger partial charge in [-0.3, -0.25) is 4.79 Å². The van der Waals surface area contributed by atoms with Gasteiger partial charge in [0.25, 0.3) is 0 Å². The first-order chi connectivity index (χ1) is 7.06. The van der Waals surface area contributed by atoms with E-state index in [4.69, 9.17) is 0 Å². The second-order valence-electron chi connectivity index (χ2n) is 5.10. The summed E-state index contributed by atoms with van der Waals surface area (Å²) < 4.78 is 0. The van der Waals surface area contributed by atoms with Crippen LogP contribution in [0.5, 0.6) is 0 Å². The Morgan fingerprint density at radius 3 is 2.73 bits per heavy atom. The van der Waals surface area contributed by atoms with Crippen LogP contribution in [0.1, 0.15) is 46.5 Å². The van der Waals surface area contributed by atoms with Gasteiger partial charge >= 0.3 is 0 Å². The molecular formula is C12H24N2O. The fraction of sp³-hybridized carbons (Fsp3) is 0.917. The highest BCUT2D eigenvalue weighted by Gasteiger charge is 2.35. The zero-order valence-corrected chi connectivity index (χ0v) is 10.2. The summed E-state index contributed by atoms with van der Waals surface area (Å²) >= 11 is 0. The fourth-order valence-electron chi connectivity index (χ4n) is 2.24. The van der Waals surface area contributed by atoms with Gasteiger partial charge in [-0.25, -0.2) is 0 Å². The first-order valence-corrected chi connectivity index (χ1v) is 6.06. The van der Waals surface area contributed by atoms with Gasteiger partial charge in [0, 0.05) is 19.0 Å². The molecule has 0 aromatic heterocycles. The van der Waals surface area contributed by atoms with Gasteiger partial charge in [-0.05, 0) is 24.8 Å². The molecule has 1 unspecified atom stereocenters. The van der Waals surface area contributed by atoms with E-state index in [2.05, 4.69) is 31.4 Å². The fourth-order valence-corrected chi connectivity index (χ4v) is 2.24. The monoisotopic (exact) mass is 212 g/mol. The minimum atomic E-state index is 0.191. The van der Waals surface area contributed by atoms with Crippen molar-refractivity contribution in [1.82, 2.24) is 10.6 Å². The lowest BCUT2D eigenvalue weighted by atomic mass is 9.87. The molecule has 1 rings (SSSR count). The Kier molecular flexibility index (Phi) is 4.58. The second-order valence-corrected chi connectivity index (χ2v) is 5.10. The number of hydrogen-bond acceptors (Lipinski definition) is 2. The molecule has 15 heavy (non-hydrogen) atoms. The normalized spacial score (nSPS) is 24.1. The van der Waals surface area contributed by atoms with Crippen molar-refractivity contribution < 1.29 is 4.79 Å². The summed E-state index contributed by atoms with van der Waals surface area (Å²) in [7, 11) is 0. The topological polar surface area (TPSA) is 41.1 Å². The molecule has 1 fully saturated rings. The molecule has 0 aromatic rings. The van der Waals surface area contributed by atoms with Crippen LogP contribution >= 0.6 is 0 Å². The Labute approximate surface area is 93.0 Å².